The lowest BCUT2D eigenvalue weighted by Gasteiger charge is -2.30. The van der Waals surface area contributed by atoms with E-state index in [1.165, 1.54) is 4.90 Å². The van der Waals surface area contributed by atoms with E-state index < -0.39 is 12.1 Å². The normalized spacial score (nSPS) is 21.5. The van der Waals surface area contributed by atoms with Gasteiger partial charge in [-0.25, -0.2) is 0 Å². The fourth-order valence-electron chi connectivity index (χ4n) is 2.98. The number of aliphatic hydroxyl groups excluding tert-OH is 1. The Balaban J connectivity index is 2.09. The summed E-state index contributed by atoms with van der Waals surface area (Å²) in [4.78, 5) is 28.4. The first-order valence-corrected chi connectivity index (χ1v) is 8.33. The molecule has 1 aliphatic rings. The Labute approximate surface area is 143 Å². The summed E-state index contributed by atoms with van der Waals surface area (Å²) in [6, 6.07) is 6.34. The Bertz CT molecular complexity index is 604. The monoisotopic (exact) mass is 334 g/mol. The second-order valence-electron chi connectivity index (χ2n) is 6.28. The molecule has 1 saturated heterocycles. The van der Waals surface area contributed by atoms with E-state index in [9.17, 15) is 14.7 Å². The molecule has 1 aromatic carbocycles. The molecule has 2 amide bonds. The van der Waals surface area contributed by atoms with Gasteiger partial charge in [-0.15, -0.1) is 0 Å². The van der Waals surface area contributed by atoms with Crippen molar-refractivity contribution in [2.45, 2.75) is 45.4 Å². The quantitative estimate of drug-likeness (QED) is 0.886. The van der Waals surface area contributed by atoms with Gasteiger partial charge in [-0.3, -0.25) is 9.59 Å². The van der Waals surface area contributed by atoms with E-state index in [-0.39, 0.29) is 17.9 Å². The summed E-state index contributed by atoms with van der Waals surface area (Å²) >= 11 is 0. The third kappa shape index (κ3) is 3.87. The first-order chi connectivity index (χ1) is 11.3. The van der Waals surface area contributed by atoms with Gasteiger partial charge in [-0.1, -0.05) is 6.07 Å². The van der Waals surface area contributed by atoms with Crippen LogP contribution >= 0.6 is 0 Å². The van der Waals surface area contributed by atoms with E-state index in [0.717, 1.165) is 0 Å². The number of carbonyl (C=O) groups excluding carboxylic acids is 2. The number of carbonyl (C=O) groups is 2. The molecule has 0 bridgehead atoms. The van der Waals surface area contributed by atoms with Crippen LogP contribution in [0.1, 0.15) is 37.6 Å². The van der Waals surface area contributed by atoms with Gasteiger partial charge in [-0.2, -0.15) is 0 Å². The molecule has 1 N–H and O–H groups in total. The van der Waals surface area contributed by atoms with Crippen LogP contribution in [0.25, 0.3) is 0 Å². The SMILES string of the molecule is CCOc1cccc(C(=O)N(C)C(C)C(=O)N2CC(O)CC2C)c1. The Morgan fingerprint density at radius 3 is 2.75 bits per heavy atom. The lowest BCUT2D eigenvalue weighted by molar-refractivity contribution is -0.136. The van der Waals surface area contributed by atoms with Gasteiger partial charge >= 0.3 is 0 Å². The molecular weight excluding hydrogens is 308 g/mol. The number of rotatable bonds is 5. The van der Waals surface area contributed by atoms with Crippen LogP contribution in [0.4, 0.5) is 0 Å². The summed E-state index contributed by atoms with van der Waals surface area (Å²) in [6.45, 7) is 6.36. The van der Waals surface area contributed by atoms with Crippen molar-refractivity contribution in [3.8, 4) is 5.75 Å². The molecular formula is C18H26N2O4. The largest absolute Gasteiger partial charge is 0.494 e. The minimum Gasteiger partial charge on any atom is -0.494 e. The van der Waals surface area contributed by atoms with Gasteiger partial charge < -0.3 is 19.6 Å². The number of likely N-dealkylation sites (tertiary alicyclic amines) is 1. The van der Waals surface area contributed by atoms with Crippen molar-refractivity contribution < 1.29 is 19.4 Å². The van der Waals surface area contributed by atoms with Crippen molar-refractivity contribution in [1.29, 1.82) is 0 Å². The molecule has 0 saturated carbocycles. The van der Waals surface area contributed by atoms with Crippen LogP contribution in [0.15, 0.2) is 24.3 Å². The molecule has 6 heteroatoms. The molecule has 3 unspecified atom stereocenters. The Kier molecular flexibility index (Phi) is 5.83. The lowest BCUT2D eigenvalue weighted by atomic mass is 10.1. The van der Waals surface area contributed by atoms with Crippen molar-refractivity contribution in [2.24, 2.45) is 0 Å². The summed E-state index contributed by atoms with van der Waals surface area (Å²) in [5.41, 5.74) is 0.484. The average Bonchev–Trinajstić information content (AvgIpc) is 2.91. The van der Waals surface area contributed by atoms with E-state index in [1.807, 2.05) is 13.8 Å². The fourth-order valence-corrected chi connectivity index (χ4v) is 2.98. The number of nitrogens with zero attached hydrogens (tertiary/aromatic N) is 2. The second kappa shape index (κ2) is 7.66. The molecule has 6 nitrogen and oxygen atoms in total. The lowest BCUT2D eigenvalue weighted by Crippen LogP contribution is -2.49. The minimum atomic E-state index is -0.596. The minimum absolute atomic E-state index is 0.0141. The molecule has 0 aromatic heterocycles. The van der Waals surface area contributed by atoms with E-state index in [1.54, 1.807) is 43.1 Å². The third-order valence-electron chi connectivity index (χ3n) is 4.49. The maximum Gasteiger partial charge on any atom is 0.254 e. The molecule has 1 aromatic rings. The number of hydrogen-bond acceptors (Lipinski definition) is 4. The van der Waals surface area contributed by atoms with Gasteiger partial charge in [0.25, 0.3) is 5.91 Å². The third-order valence-corrected chi connectivity index (χ3v) is 4.49. The van der Waals surface area contributed by atoms with Crippen LogP contribution in [0.3, 0.4) is 0 Å². The average molecular weight is 334 g/mol. The zero-order valence-corrected chi connectivity index (χ0v) is 14.7. The van der Waals surface area contributed by atoms with Crippen molar-refractivity contribution in [2.75, 3.05) is 20.2 Å². The smallest absolute Gasteiger partial charge is 0.254 e. The zero-order valence-electron chi connectivity index (χ0n) is 14.7. The van der Waals surface area contributed by atoms with Crippen LogP contribution in [0, 0.1) is 0 Å². The molecule has 1 heterocycles. The molecule has 2 rings (SSSR count). The topological polar surface area (TPSA) is 70.1 Å². The van der Waals surface area contributed by atoms with Gasteiger partial charge in [0.05, 0.1) is 12.7 Å². The molecule has 0 aliphatic carbocycles. The molecule has 132 valence electrons. The maximum absolute atomic E-state index is 12.7. The highest BCUT2D eigenvalue weighted by molar-refractivity contribution is 5.97. The number of hydrogen-bond donors (Lipinski definition) is 1. The number of likely N-dealkylation sites (N-methyl/N-ethyl adjacent to an activating group) is 1. The van der Waals surface area contributed by atoms with Crippen LogP contribution in [0.2, 0.25) is 0 Å². The summed E-state index contributed by atoms with van der Waals surface area (Å²) in [5, 5.41) is 9.72. The van der Waals surface area contributed by atoms with Crippen LogP contribution in [-0.2, 0) is 4.79 Å². The molecule has 0 spiro atoms. The number of benzene rings is 1. The van der Waals surface area contributed by atoms with Gasteiger partial charge in [0, 0.05) is 25.2 Å². The van der Waals surface area contributed by atoms with Crippen molar-refractivity contribution in [3.63, 3.8) is 0 Å². The second-order valence-corrected chi connectivity index (χ2v) is 6.28. The number of aliphatic hydroxyl groups is 1. The van der Waals surface area contributed by atoms with Gasteiger partial charge in [0.2, 0.25) is 5.91 Å². The predicted molar refractivity (Wildman–Crippen MR) is 91.0 cm³/mol. The Hall–Kier alpha value is -2.08. The Morgan fingerprint density at radius 2 is 2.17 bits per heavy atom. The van der Waals surface area contributed by atoms with E-state index in [0.29, 0.717) is 30.9 Å². The molecule has 1 fully saturated rings. The fraction of sp³-hybridized carbons (Fsp3) is 0.556. The zero-order chi connectivity index (χ0) is 17.9. The van der Waals surface area contributed by atoms with E-state index in [4.69, 9.17) is 4.74 Å². The molecule has 1 aliphatic heterocycles. The van der Waals surface area contributed by atoms with Crippen molar-refractivity contribution >= 4 is 11.8 Å². The highest BCUT2D eigenvalue weighted by Gasteiger charge is 2.35. The van der Waals surface area contributed by atoms with E-state index in [2.05, 4.69) is 0 Å². The first kappa shape index (κ1) is 18.3. The van der Waals surface area contributed by atoms with Gasteiger partial charge in [-0.05, 0) is 45.4 Å². The molecule has 3 atom stereocenters. The summed E-state index contributed by atoms with van der Waals surface area (Å²) < 4.78 is 5.42. The first-order valence-electron chi connectivity index (χ1n) is 8.33. The molecule has 0 radical (unpaired) electrons. The van der Waals surface area contributed by atoms with Gasteiger partial charge in [0.1, 0.15) is 11.8 Å². The highest BCUT2D eigenvalue weighted by Crippen LogP contribution is 2.20. The van der Waals surface area contributed by atoms with Crippen molar-refractivity contribution in [3.05, 3.63) is 29.8 Å². The predicted octanol–water partition coefficient (Wildman–Crippen LogP) is 1.53. The van der Waals surface area contributed by atoms with Crippen LogP contribution in [-0.4, -0.2) is 65.1 Å². The highest BCUT2D eigenvalue weighted by atomic mass is 16.5. The number of amides is 2. The standard InChI is InChI=1S/C18H26N2O4/c1-5-24-16-8-6-7-14(10-16)18(23)19(4)13(3)17(22)20-11-15(21)9-12(20)2/h6-8,10,12-13,15,21H,5,9,11H2,1-4H3. The van der Waals surface area contributed by atoms with Gasteiger partial charge in [0.15, 0.2) is 0 Å². The number of β-amino-alcohol motifs (C(OH)–C–C–N with tert-alkyl or cyclic N) is 1. The van der Waals surface area contributed by atoms with Crippen molar-refractivity contribution in [1.82, 2.24) is 9.80 Å². The maximum atomic E-state index is 12.7. The number of ether oxygens (including phenoxy) is 1. The Morgan fingerprint density at radius 1 is 1.46 bits per heavy atom. The van der Waals surface area contributed by atoms with Crippen LogP contribution in [0.5, 0.6) is 5.75 Å². The van der Waals surface area contributed by atoms with Crippen LogP contribution < -0.4 is 4.74 Å². The summed E-state index contributed by atoms with van der Waals surface area (Å²) in [5.74, 6) is 0.257. The van der Waals surface area contributed by atoms with E-state index >= 15 is 0 Å². The summed E-state index contributed by atoms with van der Waals surface area (Å²) in [7, 11) is 1.62. The summed E-state index contributed by atoms with van der Waals surface area (Å²) in [6.07, 6.45) is 0.0898. The molecule has 24 heavy (non-hydrogen) atoms.